The molecular weight excluding hydrogens is 318 g/mol. The number of nitrogens with zero attached hydrogens (tertiary/aromatic N) is 3. The molecule has 4 rings (SSSR count). The topological polar surface area (TPSA) is 92.3 Å². The zero-order chi connectivity index (χ0) is 17.1. The molecule has 2 N–H and O–H groups in total. The Kier molecular flexibility index (Phi) is 3.96. The largest absolute Gasteiger partial charge is 0.387 e. The molecular formula is C18H15N5O2. The fourth-order valence-electron chi connectivity index (χ4n) is 2.65. The highest BCUT2D eigenvalue weighted by Crippen LogP contribution is 2.27. The molecule has 3 aromatic rings. The second kappa shape index (κ2) is 6.56. The number of anilines is 1. The van der Waals surface area contributed by atoms with Crippen LogP contribution in [0.25, 0.3) is 11.4 Å². The molecule has 124 valence electrons. The number of hydrogen-bond donors (Lipinski definition) is 2. The number of nitrogens with one attached hydrogen (secondary N) is 2. The normalized spacial score (nSPS) is 16.2. The maximum atomic E-state index is 12.4. The lowest BCUT2D eigenvalue weighted by molar-refractivity contribution is -0.110. The van der Waals surface area contributed by atoms with Crippen molar-refractivity contribution in [1.82, 2.24) is 15.2 Å². The molecule has 1 amide bonds. The number of carbonyl (C=O) groups is 1. The Bertz CT molecular complexity index is 906. The molecule has 0 aliphatic carbocycles. The molecule has 1 aliphatic heterocycles. The lowest BCUT2D eigenvalue weighted by atomic mass is 10.0. The van der Waals surface area contributed by atoms with Gasteiger partial charge in [-0.05, 0) is 17.7 Å². The van der Waals surface area contributed by atoms with Gasteiger partial charge in [-0.2, -0.15) is 5.10 Å². The third-order valence-corrected chi connectivity index (χ3v) is 3.91. The predicted octanol–water partition coefficient (Wildman–Crippen LogP) is 2.93. The first-order chi connectivity index (χ1) is 12.3. The van der Waals surface area contributed by atoms with E-state index < -0.39 is 0 Å². The van der Waals surface area contributed by atoms with E-state index in [-0.39, 0.29) is 12.0 Å². The number of rotatable bonds is 4. The minimum Gasteiger partial charge on any atom is -0.387 e. The SMILES string of the molecule is O=C(Nc1cccc(-c2ncn[nH]2)c1)C1=NO[C@@H](c2ccccc2)C1. The van der Waals surface area contributed by atoms with Crippen LogP contribution in [0.3, 0.4) is 0 Å². The summed E-state index contributed by atoms with van der Waals surface area (Å²) in [5, 5.41) is 13.4. The first-order valence-corrected chi connectivity index (χ1v) is 7.84. The highest BCUT2D eigenvalue weighted by Gasteiger charge is 2.27. The van der Waals surface area contributed by atoms with Gasteiger partial charge in [0.15, 0.2) is 11.9 Å². The summed E-state index contributed by atoms with van der Waals surface area (Å²) in [6.07, 6.45) is 1.66. The number of aromatic nitrogens is 3. The van der Waals surface area contributed by atoms with Gasteiger partial charge in [0.25, 0.3) is 5.91 Å². The van der Waals surface area contributed by atoms with Gasteiger partial charge in [0.05, 0.1) is 0 Å². The number of oxime groups is 1. The van der Waals surface area contributed by atoms with Crippen LogP contribution in [0.2, 0.25) is 0 Å². The van der Waals surface area contributed by atoms with Crippen molar-refractivity contribution in [2.45, 2.75) is 12.5 Å². The summed E-state index contributed by atoms with van der Waals surface area (Å²) in [6.45, 7) is 0. The summed E-state index contributed by atoms with van der Waals surface area (Å²) < 4.78 is 0. The first kappa shape index (κ1) is 15.1. The van der Waals surface area contributed by atoms with Crippen LogP contribution in [0.4, 0.5) is 5.69 Å². The quantitative estimate of drug-likeness (QED) is 0.768. The molecule has 0 saturated carbocycles. The monoisotopic (exact) mass is 333 g/mol. The average Bonchev–Trinajstić information content (AvgIpc) is 3.35. The van der Waals surface area contributed by atoms with Crippen LogP contribution >= 0.6 is 0 Å². The van der Waals surface area contributed by atoms with E-state index in [4.69, 9.17) is 4.84 Å². The molecule has 0 fully saturated rings. The maximum absolute atomic E-state index is 12.4. The zero-order valence-electron chi connectivity index (χ0n) is 13.2. The fourth-order valence-corrected chi connectivity index (χ4v) is 2.65. The lowest BCUT2D eigenvalue weighted by Crippen LogP contribution is -2.21. The minimum absolute atomic E-state index is 0.220. The lowest BCUT2D eigenvalue weighted by Gasteiger charge is -2.08. The van der Waals surface area contributed by atoms with Gasteiger partial charge in [-0.15, -0.1) is 0 Å². The van der Waals surface area contributed by atoms with E-state index in [0.717, 1.165) is 11.1 Å². The second-order valence-electron chi connectivity index (χ2n) is 5.62. The molecule has 0 bridgehead atoms. The molecule has 1 aromatic heterocycles. The molecule has 0 unspecified atom stereocenters. The highest BCUT2D eigenvalue weighted by molar-refractivity contribution is 6.43. The van der Waals surface area contributed by atoms with Crippen LogP contribution in [0.1, 0.15) is 18.1 Å². The standard InChI is InChI=1S/C18H15N5O2/c24-18(15-10-16(25-23-15)12-5-2-1-3-6-12)21-14-8-4-7-13(9-14)17-19-11-20-22-17/h1-9,11,16H,10H2,(H,21,24)(H,19,20,22)/t16-/m1/s1. The molecule has 1 atom stereocenters. The van der Waals surface area contributed by atoms with Gasteiger partial charge in [0.2, 0.25) is 0 Å². The van der Waals surface area contributed by atoms with Gasteiger partial charge in [0, 0.05) is 17.7 Å². The summed E-state index contributed by atoms with van der Waals surface area (Å²) in [5.41, 5.74) is 2.87. The van der Waals surface area contributed by atoms with E-state index >= 15 is 0 Å². The van der Waals surface area contributed by atoms with E-state index in [1.165, 1.54) is 6.33 Å². The molecule has 7 heteroatoms. The molecule has 25 heavy (non-hydrogen) atoms. The number of carbonyl (C=O) groups excluding carboxylic acids is 1. The van der Waals surface area contributed by atoms with Gasteiger partial charge in [-0.3, -0.25) is 9.89 Å². The van der Waals surface area contributed by atoms with Crippen molar-refractivity contribution in [2.75, 3.05) is 5.32 Å². The predicted molar refractivity (Wildman–Crippen MR) is 92.8 cm³/mol. The van der Waals surface area contributed by atoms with Crippen LogP contribution in [0.5, 0.6) is 0 Å². The zero-order valence-corrected chi connectivity index (χ0v) is 13.2. The van der Waals surface area contributed by atoms with Crippen molar-refractivity contribution < 1.29 is 9.63 Å². The van der Waals surface area contributed by atoms with Gasteiger partial charge in [-0.1, -0.05) is 47.6 Å². The summed E-state index contributed by atoms with van der Waals surface area (Å²) >= 11 is 0. The third kappa shape index (κ3) is 3.25. The number of H-pyrrole nitrogens is 1. The number of aromatic amines is 1. The Hall–Kier alpha value is -3.48. The third-order valence-electron chi connectivity index (χ3n) is 3.91. The minimum atomic E-state index is -0.270. The number of benzene rings is 2. The first-order valence-electron chi connectivity index (χ1n) is 7.84. The van der Waals surface area contributed by atoms with Crippen molar-refractivity contribution >= 4 is 17.3 Å². The highest BCUT2D eigenvalue weighted by atomic mass is 16.6. The molecule has 1 aliphatic rings. The van der Waals surface area contributed by atoms with Crippen molar-refractivity contribution in [3.8, 4) is 11.4 Å². The molecule has 2 aromatic carbocycles. The molecule has 0 radical (unpaired) electrons. The molecule has 2 heterocycles. The maximum Gasteiger partial charge on any atom is 0.273 e. The summed E-state index contributed by atoms with van der Waals surface area (Å²) in [6, 6.07) is 17.1. The van der Waals surface area contributed by atoms with Gasteiger partial charge >= 0.3 is 0 Å². The van der Waals surface area contributed by atoms with E-state index in [9.17, 15) is 4.79 Å². The van der Waals surface area contributed by atoms with Crippen LogP contribution in [0.15, 0.2) is 66.1 Å². The van der Waals surface area contributed by atoms with Crippen molar-refractivity contribution in [2.24, 2.45) is 5.16 Å². The molecule has 0 saturated heterocycles. The van der Waals surface area contributed by atoms with Crippen LogP contribution in [-0.4, -0.2) is 26.8 Å². The summed E-state index contributed by atoms with van der Waals surface area (Å²) in [7, 11) is 0. The Morgan fingerprint density at radius 1 is 1.16 bits per heavy atom. The van der Waals surface area contributed by atoms with Gasteiger partial charge < -0.3 is 10.2 Å². The van der Waals surface area contributed by atoms with Crippen LogP contribution < -0.4 is 5.32 Å². The van der Waals surface area contributed by atoms with E-state index in [1.807, 2.05) is 54.6 Å². The average molecular weight is 333 g/mol. The summed E-state index contributed by atoms with van der Waals surface area (Å²) in [4.78, 5) is 21.9. The fraction of sp³-hybridized carbons (Fsp3) is 0.111. The van der Waals surface area contributed by atoms with Crippen molar-refractivity contribution in [3.63, 3.8) is 0 Å². The smallest absolute Gasteiger partial charge is 0.273 e. The van der Waals surface area contributed by atoms with Crippen LogP contribution in [-0.2, 0) is 9.63 Å². The van der Waals surface area contributed by atoms with Crippen molar-refractivity contribution in [1.29, 1.82) is 0 Å². The van der Waals surface area contributed by atoms with Gasteiger partial charge in [0.1, 0.15) is 12.0 Å². The number of hydrogen-bond acceptors (Lipinski definition) is 5. The van der Waals surface area contributed by atoms with E-state index in [0.29, 0.717) is 23.6 Å². The second-order valence-corrected chi connectivity index (χ2v) is 5.62. The molecule has 0 spiro atoms. The van der Waals surface area contributed by atoms with E-state index in [2.05, 4.69) is 25.7 Å². The Balaban J connectivity index is 1.44. The van der Waals surface area contributed by atoms with Crippen LogP contribution in [0, 0.1) is 0 Å². The summed E-state index contributed by atoms with van der Waals surface area (Å²) in [5.74, 6) is 0.370. The van der Waals surface area contributed by atoms with E-state index in [1.54, 1.807) is 0 Å². The molecule has 7 nitrogen and oxygen atoms in total. The Morgan fingerprint density at radius 2 is 2.04 bits per heavy atom. The number of amides is 1. The Labute approximate surface area is 143 Å². The Morgan fingerprint density at radius 3 is 2.84 bits per heavy atom. The van der Waals surface area contributed by atoms with Gasteiger partial charge in [-0.25, -0.2) is 4.98 Å². The van der Waals surface area contributed by atoms with Crippen molar-refractivity contribution in [3.05, 3.63) is 66.5 Å².